The van der Waals surface area contributed by atoms with E-state index < -0.39 is 10.0 Å². The van der Waals surface area contributed by atoms with Crippen molar-refractivity contribution < 1.29 is 12.9 Å². The third-order valence-electron chi connectivity index (χ3n) is 3.49. The third-order valence-corrected chi connectivity index (χ3v) is 4.42. The van der Waals surface area contributed by atoms with Crippen LogP contribution in [0.15, 0.2) is 52.0 Å². The molecule has 0 aliphatic carbocycles. The Morgan fingerprint density at radius 1 is 1.15 bits per heavy atom. The largest absolute Gasteiger partial charge is 0.360 e. The molecule has 0 saturated carbocycles. The van der Waals surface area contributed by atoms with Crippen LogP contribution < -0.4 is 15.8 Å². The van der Waals surface area contributed by atoms with Gasteiger partial charge in [0.15, 0.2) is 5.82 Å². The normalized spacial score (nSPS) is 11.3. The van der Waals surface area contributed by atoms with Crippen molar-refractivity contribution in [1.29, 1.82) is 0 Å². The molecule has 0 saturated heterocycles. The summed E-state index contributed by atoms with van der Waals surface area (Å²) in [6, 6.07) is 9.93. The van der Waals surface area contributed by atoms with Crippen LogP contribution in [0.1, 0.15) is 11.3 Å². The summed E-state index contributed by atoms with van der Waals surface area (Å²) < 4.78 is 27.5. The summed E-state index contributed by atoms with van der Waals surface area (Å²) in [6.45, 7) is 2.39. The Morgan fingerprint density at radius 3 is 2.58 bits per heavy atom. The minimum absolute atomic E-state index is 0.0967. The molecule has 10 heteroatoms. The number of sulfonamides is 1. The van der Waals surface area contributed by atoms with Crippen molar-refractivity contribution >= 4 is 27.6 Å². The SMILES string of the molecule is Cc1cc(Nc2ccnc(NCCc3ccc(S(N)(=O)=O)cc3)n2)no1. The molecule has 9 nitrogen and oxygen atoms in total. The van der Waals surface area contributed by atoms with Gasteiger partial charge in [0.05, 0.1) is 4.90 Å². The predicted octanol–water partition coefficient (Wildman–Crippen LogP) is 1.82. The second-order valence-corrected chi connectivity index (χ2v) is 7.14. The molecule has 0 radical (unpaired) electrons. The van der Waals surface area contributed by atoms with Crippen molar-refractivity contribution in [2.24, 2.45) is 5.14 Å². The number of rotatable bonds is 7. The van der Waals surface area contributed by atoms with Gasteiger partial charge in [-0.05, 0) is 37.1 Å². The molecule has 2 aromatic heterocycles. The van der Waals surface area contributed by atoms with Crippen LogP contribution in [-0.4, -0.2) is 30.1 Å². The number of nitrogens with two attached hydrogens (primary N) is 1. The van der Waals surface area contributed by atoms with Crippen molar-refractivity contribution in [2.45, 2.75) is 18.2 Å². The molecular weight excluding hydrogens is 356 g/mol. The van der Waals surface area contributed by atoms with Gasteiger partial charge < -0.3 is 15.2 Å². The van der Waals surface area contributed by atoms with Gasteiger partial charge >= 0.3 is 0 Å². The maximum Gasteiger partial charge on any atom is 0.238 e. The maximum atomic E-state index is 11.2. The average Bonchev–Trinajstić information content (AvgIpc) is 3.00. The van der Waals surface area contributed by atoms with Crippen molar-refractivity contribution in [1.82, 2.24) is 15.1 Å². The second kappa shape index (κ2) is 7.50. The molecule has 136 valence electrons. The van der Waals surface area contributed by atoms with Crippen molar-refractivity contribution in [3.63, 3.8) is 0 Å². The zero-order chi connectivity index (χ0) is 18.6. The zero-order valence-corrected chi connectivity index (χ0v) is 14.8. The van der Waals surface area contributed by atoms with E-state index in [0.29, 0.717) is 36.3 Å². The number of nitrogens with zero attached hydrogens (tertiary/aromatic N) is 3. The minimum Gasteiger partial charge on any atom is -0.360 e. The summed E-state index contributed by atoms with van der Waals surface area (Å²) in [5.74, 6) is 2.33. The lowest BCUT2D eigenvalue weighted by Crippen LogP contribution is -2.12. The first-order valence-electron chi connectivity index (χ1n) is 7.79. The number of aryl methyl sites for hydroxylation is 1. The first kappa shape index (κ1) is 17.8. The average molecular weight is 374 g/mol. The van der Waals surface area contributed by atoms with Crippen LogP contribution in [0.4, 0.5) is 17.6 Å². The summed E-state index contributed by atoms with van der Waals surface area (Å²) in [5.41, 5.74) is 0.970. The Balaban J connectivity index is 1.55. The van der Waals surface area contributed by atoms with Crippen LogP contribution in [0, 0.1) is 6.92 Å². The van der Waals surface area contributed by atoms with Gasteiger partial charge in [0.1, 0.15) is 11.6 Å². The number of hydrogen-bond donors (Lipinski definition) is 3. The fraction of sp³-hybridized carbons (Fsp3) is 0.188. The molecule has 1 aromatic carbocycles. The summed E-state index contributed by atoms with van der Waals surface area (Å²) in [7, 11) is -3.67. The molecule has 26 heavy (non-hydrogen) atoms. The summed E-state index contributed by atoms with van der Waals surface area (Å²) >= 11 is 0. The Labute approximate surface area is 150 Å². The minimum atomic E-state index is -3.67. The summed E-state index contributed by atoms with van der Waals surface area (Å²) in [4.78, 5) is 8.60. The van der Waals surface area contributed by atoms with Gasteiger partial charge in [-0.25, -0.2) is 18.5 Å². The number of benzene rings is 1. The van der Waals surface area contributed by atoms with Crippen molar-refractivity contribution in [3.05, 3.63) is 53.9 Å². The van der Waals surface area contributed by atoms with Crippen LogP contribution in [0.3, 0.4) is 0 Å². The van der Waals surface area contributed by atoms with Crippen LogP contribution >= 0.6 is 0 Å². The smallest absolute Gasteiger partial charge is 0.238 e. The Morgan fingerprint density at radius 2 is 1.92 bits per heavy atom. The molecule has 3 aromatic rings. The van der Waals surface area contributed by atoms with E-state index in [2.05, 4.69) is 25.8 Å². The van der Waals surface area contributed by atoms with Gasteiger partial charge in [-0.15, -0.1) is 0 Å². The highest BCUT2D eigenvalue weighted by atomic mass is 32.2. The van der Waals surface area contributed by atoms with Crippen LogP contribution in [0.25, 0.3) is 0 Å². The van der Waals surface area contributed by atoms with Gasteiger partial charge in [-0.1, -0.05) is 17.3 Å². The first-order valence-corrected chi connectivity index (χ1v) is 9.34. The first-order chi connectivity index (χ1) is 12.4. The van der Waals surface area contributed by atoms with Crippen molar-refractivity contribution in [3.8, 4) is 0 Å². The van der Waals surface area contributed by atoms with Crippen LogP contribution in [0.2, 0.25) is 0 Å². The standard InChI is InChI=1S/C16H18N6O3S/c1-11-10-15(22-25-11)20-14-7-9-19-16(21-14)18-8-6-12-2-4-13(5-3-12)26(17,23)24/h2-5,7,9-10H,6,8H2,1H3,(H2,17,23,24)(H2,18,19,20,21,22). The molecule has 0 spiro atoms. The number of primary sulfonamides is 1. The fourth-order valence-corrected chi connectivity index (χ4v) is 2.75. The van der Waals surface area contributed by atoms with Gasteiger partial charge in [0.25, 0.3) is 0 Å². The molecule has 0 amide bonds. The number of hydrogen-bond acceptors (Lipinski definition) is 8. The van der Waals surface area contributed by atoms with Crippen LogP contribution in [-0.2, 0) is 16.4 Å². The molecule has 0 unspecified atom stereocenters. The maximum absolute atomic E-state index is 11.2. The van der Waals surface area contributed by atoms with Gasteiger partial charge in [-0.3, -0.25) is 0 Å². The molecular formula is C16H18N6O3S. The zero-order valence-electron chi connectivity index (χ0n) is 14.0. The highest BCUT2D eigenvalue weighted by molar-refractivity contribution is 7.89. The molecule has 0 bridgehead atoms. The molecule has 0 aliphatic heterocycles. The summed E-state index contributed by atoms with van der Waals surface area (Å²) in [6.07, 6.45) is 2.31. The lowest BCUT2D eigenvalue weighted by Gasteiger charge is -2.07. The molecule has 0 fully saturated rings. The number of nitrogens with one attached hydrogen (secondary N) is 2. The van der Waals surface area contributed by atoms with E-state index in [4.69, 9.17) is 9.66 Å². The van der Waals surface area contributed by atoms with E-state index in [-0.39, 0.29) is 4.90 Å². The molecule has 0 aliphatic rings. The fourth-order valence-electron chi connectivity index (χ4n) is 2.23. The second-order valence-electron chi connectivity index (χ2n) is 5.58. The predicted molar refractivity (Wildman–Crippen MR) is 96.6 cm³/mol. The molecule has 4 N–H and O–H groups in total. The van der Waals surface area contributed by atoms with Crippen molar-refractivity contribution in [2.75, 3.05) is 17.2 Å². The van der Waals surface area contributed by atoms with E-state index >= 15 is 0 Å². The van der Waals surface area contributed by atoms with Gasteiger partial charge in [-0.2, -0.15) is 4.98 Å². The van der Waals surface area contributed by atoms with E-state index in [1.165, 1.54) is 12.1 Å². The van der Waals surface area contributed by atoms with Gasteiger partial charge in [0.2, 0.25) is 16.0 Å². The van der Waals surface area contributed by atoms with Crippen LogP contribution in [0.5, 0.6) is 0 Å². The number of aromatic nitrogens is 3. The van der Waals surface area contributed by atoms with E-state index in [0.717, 1.165) is 5.56 Å². The molecule has 0 atom stereocenters. The van der Waals surface area contributed by atoms with E-state index in [1.807, 2.05) is 0 Å². The third kappa shape index (κ3) is 4.77. The summed E-state index contributed by atoms with van der Waals surface area (Å²) in [5, 5.41) is 15.1. The lowest BCUT2D eigenvalue weighted by molar-refractivity contribution is 0.400. The van der Waals surface area contributed by atoms with E-state index in [9.17, 15) is 8.42 Å². The quantitative estimate of drug-likeness (QED) is 0.570. The highest BCUT2D eigenvalue weighted by Gasteiger charge is 2.07. The monoisotopic (exact) mass is 374 g/mol. The number of anilines is 3. The highest BCUT2D eigenvalue weighted by Crippen LogP contribution is 2.15. The van der Waals surface area contributed by atoms with Gasteiger partial charge in [0, 0.05) is 18.8 Å². The lowest BCUT2D eigenvalue weighted by atomic mass is 10.1. The Kier molecular flexibility index (Phi) is 5.14. The molecule has 3 rings (SSSR count). The Bertz CT molecular complexity index is 985. The van der Waals surface area contributed by atoms with E-state index in [1.54, 1.807) is 37.4 Å². The Hall–Kier alpha value is -2.98. The topological polar surface area (TPSA) is 136 Å². The molecule has 2 heterocycles.